The lowest BCUT2D eigenvalue weighted by Crippen LogP contribution is -2.47. The first kappa shape index (κ1) is 13.0. The minimum atomic E-state index is -1.39. The molecule has 1 aliphatic rings. The summed E-state index contributed by atoms with van der Waals surface area (Å²) in [5.41, 5.74) is 1.73. The van der Waals surface area contributed by atoms with E-state index < -0.39 is 14.7 Å². The normalized spacial score (nSPS) is 30.0. The Balaban J connectivity index is 3.18. The van der Waals surface area contributed by atoms with E-state index >= 15 is 0 Å². The minimum Gasteiger partial charge on any atom is -0.778 e. The summed E-state index contributed by atoms with van der Waals surface area (Å²) >= 11 is 0. The molecule has 1 unspecified atom stereocenters. The van der Waals surface area contributed by atoms with Gasteiger partial charge >= 0.3 is 8.32 Å². The summed E-state index contributed by atoms with van der Waals surface area (Å²) in [5.74, 6) is 0. The van der Waals surface area contributed by atoms with E-state index in [9.17, 15) is 0 Å². The second kappa shape index (κ2) is 4.46. The van der Waals surface area contributed by atoms with Gasteiger partial charge in [0.2, 0.25) is 0 Å². The van der Waals surface area contributed by atoms with Crippen LogP contribution in [0.25, 0.3) is 0 Å². The highest BCUT2D eigenvalue weighted by Gasteiger charge is 2.51. The highest BCUT2D eigenvalue weighted by Crippen LogP contribution is 2.42. The largest absolute Gasteiger partial charge is 0.778 e. The molecule has 0 radical (unpaired) electrons. The number of rotatable bonds is 4. The SMILES string of the molecule is CCC1=C(C)[Si](C)(CC)[OH+][B-]1(CC)CC. The summed E-state index contributed by atoms with van der Waals surface area (Å²) in [7, 11) is -1.39. The average Bonchev–Trinajstić information content (AvgIpc) is 2.49. The zero-order valence-electron chi connectivity index (χ0n) is 11.4. The maximum Gasteiger partial charge on any atom is 0.355 e. The van der Waals surface area contributed by atoms with Crippen molar-refractivity contribution in [2.45, 2.75) is 66.3 Å². The Kier molecular flexibility index (Phi) is 3.88. The van der Waals surface area contributed by atoms with E-state index in [1.165, 1.54) is 25.1 Å². The van der Waals surface area contributed by atoms with E-state index in [0.717, 1.165) is 0 Å². The predicted octanol–water partition coefficient (Wildman–Crippen LogP) is 3.91. The molecule has 0 aromatic rings. The highest BCUT2D eigenvalue weighted by molar-refractivity contribution is 6.97. The van der Waals surface area contributed by atoms with Gasteiger partial charge in [-0.1, -0.05) is 34.1 Å². The zero-order valence-corrected chi connectivity index (χ0v) is 12.4. The van der Waals surface area contributed by atoms with Gasteiger partial charge in [-0.3, -0.25) is 0 Å². The van der Waals surface area contributed by atoms with Crippen LogP contribution in [0.1, 0.15) is 41.0 Å². The van der Waals surface area contributed by atoms with Crippen molar-refractivity contribution in [3.05, 3.63) is 10.7 Å². The Morgan fingerprint density at radius 1 is 1.13 bits per heavy atom. The molecular weight excluding hydrogens is 199 g/mol. The number of hydrogen-bond donors (Lipinski definition) is 0. The molecule has 0 saturated carbocycles. The molecule has 0 aliphatic carbocycles. The first-order valence-electron chi connectivity index (χ1n) is 6.62. The Bertz CT molecular complexity index is 271. The van der Waals surface area contributed by atoms with Gasteiger partial charge < -0.3 is 4.34 Å². The van der Waals surface area contributed by atoms with Gasteiger partial charge in [0.25, 0.3) is 6.35 Å². The quantitative estimate of drug-likeness (QED) is 0.509. The Hall–Kier alpha value is -0.0182. The van der Waals surface area contributed by atoms with Crippen LogP contribution in [0.3, 0.4) is 0 Å². The van der Waals surface area contributed by atoms with Gasteiger partial charge in [0.15, 0.2) is 0 Å². The fourth-order valence-electron chi connectivity index (χ4n) is 3.43. The lowest BCUT2D eigenvalue weighted by Gasteiger charge is -2.37. The number of allylic oxidation sites excluding steroid dienone is 2. The van der Waals surface area contributed by atoms with Crippen molar-refractivity contribution in [1.29, 1.82) is 0 Å². The molecule has 0 saturated heterocycles. The van der Waals surface area contributed by atoms with Gasteiger partial charge in [0, 0.05) is 12.6 Å². The number of hydrogen-bond acceptors (Lipinski definition) is 0. The van der Waals surface area contributed by atoms with Gasteiger partial charge in [0.1, 0.15) is 0 Å². The minimum absolute atomic E-state index is 0.493. The first-order valence-corrected chi connectivity index (χ1v) is 9.28. The van der Waals surface area contributed by atoms with Crippen LogP contribution >= 0.6 is 0 Å². The van der Waals surface area contributed by atoms with Crippen LogP contribution in [-0.4, -0.2) is 19.0 Å². The van der Waals surface area contributed by atoms with Gasteiger partial charge in [0.05, 0.1) is 0 Å². The molecule has 88 valence electrons. The van der Waals surface area contributed by atoms with Gasteiger partial charge in [-0.15, -0.1) is 18.1 Å². The Labute approximate surface area is 96.4 Å². The van der Waals surface area contributed by atoms with E-state index in [1.54, 1.807) is 10.7 Å². The van der Waals surface area contributed by atoms with Crippen molar-refractivity contribution in [3.8, 4) is 0 Å². The molecule has 1 rings (SSSR count). The smallest absolute Gasteiger partial charge is 0.355 e. The van der Waals surface area contributed by atoms with E-state index in [4.69, 9.17) is 4.34 Å². The van der Waals surface area contributed by atoms with E-state index in [-0.39, 0.29) is 0 Å². The highest BCUT2D eigenvalue weighted by atomic mass is 28.4. The fraction of sp³-hybridized carbons (Fsp3) is 0.833. The topological polar surface area (TPSA) is 12.8 Å². The maximum absolute atomic E-state index is 5.37. The second-order valence-electron chi connectivity index (χ2n) is 5.27. The molecule has 1 N–H and O–H groups in total. The third kappa shape index (κ3) is 1.85. The van der Waals surface area contributed by atoms with Crippen molar-refractivity contribution >= 4 is 14.7 Å². The van der Waals surface area contributed by atoms with Crippen LogP contribution in [0.4, 0.5) is 0 Å². The monoisotopic (exact) mass is 226 g/mol. The molecule has 0 aromatic carbocycles. The summed E-state index contributed by atoms with van der Waals surface area (Å²) < 4.78 is 5.37. The standard InChI is InChI=1S/C12H27BOSi/c1-7-12-11(5)15(6,10-4)14-13(12,8-2)9-3/h14H,7-10H2,1-6H3. The van der Waals surface area contributed by atoms with E-state index in [0.29, 0.717) is 0 Å². The second-order valence-corrected chi connectivity index (χ2v) is 9.53. The summed E-state index contributed by atoms with van der Waals surface area (Å²) in [5, 5.41) is 1.70. The molecule has 1 atom stereocenters. The molecule has 0 amide bonds. The zero-order chi connectivity index (χ0) is 11.7. The molecule has 0 spiro atoms. The Morgan fingerprint density at radius 2 is 1.67 bits per heavy atom. The summed E-state index contributed by atoms with van der Waals surface area (Å²) in [6, 6.07) is 1.28. The van der Waals surface area contributed by atoms with Crippen LogP contribution < -0.4 is 0 Å². The molecule has 3 heteroatoms. The molecule has 0 bridgehead atoms. The lowest BCUT2D eigenvalue weighted by atomic mass is 9.32. The van der Waals surface area contributed by atoms with Crippen molar-refractivity contribution in [2.75, 3.05) is 0 Å². The first-order chi connectivity index (χ1) is 6.99. The van der Waals surface area contributed by atoms with E-state index in [2.05, 4.69) is 41.2 Å². The summed E-state index contributed by atoms with van der Waals surface area (Å²) in [6.45, 7) is 14.1. The lowest BCUT2D eigenvalue weighted by molar-refractivity contribution is 0.338. The fourth-order valence-corrected chi connectivity index (χ4v) is 7.09. The molecule has 1 heterocycles. The van der Waals surface area contributed by atoms with Crippen LogP contribution in [-0.2, 0) is 0 Å². The molecule has 15 heavy (non-hydrogen) atoms. The van der Waals surface area contributed by atoms with E-state index in [1.807, 2.05) is 0 Å². The third-order valence-corrected chi connectivity index (χ3v) is 9.27. The van der Waals surface area contributed by atoms with Gasteiger partial charge in [-0.25, -0.2) is 0 Å². The molecule has 1 nitrogen and oxygen atoms in total. The van der Waals surface area contributed by atoms with Crippen molar-refractivity contribution in [1.82, 2.24) is 0 Å². The molecular formula is C12H27BOSi. The Morgan fingerprint density at radius 3 is 1.93 bits per heavy atom. The van der Waals surface area contributed by atoms with Crippen molar-refractivity contribution in [2.24, 2.45) is 0 Å². The molecule has 0 aromatic heterocycles. The predicted molar refractivity (Wildman–Crippen MR) is 74.0 cm³/mol. The van der Waals surface area contributed by atoms with Crippen LogP contribution in [0, 0.1) is 0 Å². The van der Waals surface area contributed by atoms with Gasteiger partial charge in [-0.05, 0) is 12.1 Å². The average molecular weight is 226 g/mol. The van der Waals surface area contributed by atoms with Crippen molar-refractivity contribution < 1.29 is 4.34 Å². The van der Waals surface area contributed by atoms with Crippen LogP contribution in [0.15, 0.2) is 10.7 Å². The molecule has 1 aliphatic heterocycles. The van der Waals surface area contributed by atoms with Crippen molar-refractivity contribution in [3.63, 3.8) is 0 Å². The molecule has 0 fully saturated rings. The summed E-state index contributed by atoms with van der Waals surface area (Å²) in [6.07, 6.45) is 3.23. The summed E-state index contributed by atoms with van der Waals surface area (Å²) in [4.78, 5) is 0. The van der Waals surface area contributed by atoms with Gasteiger partial charge in [-0.2, -0.15) is 0 Å². The van der Waals surface area contributed by atoms with Crippen LogP contribution in [0.2, 0.25) is 25.2 Å². The maximum atomic E-state index is 5.37. The van der Waals surface area contributed by atoms with Crippen LogP contribution in [0.5, 0.6) is 0 Å². The third-order valence-electron chi connectivity index (χ3n) is 4.89.